The molecule has 0 aliphatic carbocycles. The highest BCUT2D eigenvalue weighted by atomic mass is 16.4. The van der Waals surface area contributed by atoms with E-state index in [1.165, 1.54) is 18.1 Å². The maximum atomic E-state index is 11.2. The normalized spacial score (nSPS) is 14.4. The standard InChI is InChI=1S/C15H15NO2/c1-11(17)14-6-7-15(18-14)16-9-8-12-4-2-3-5-13(12)10-16/h2-7H,8-10H2,1H3. The molecule has 2 aromatic rings. The summed E-state index contributed by atoms with van der Waals surface area (Å²) in [5.74, 6) is 1.19. The lowest BCUT2D eigenvalue weighted by Gasteiger charge is -2.28. The molecule has 0 unspecified atom stereocenters. The average molecular weight is 241 g/mol. The Hall–Kier alpha value is -2.03. The van der Waals surface area contributed by atoms with Crippen LogP contribution >= 0.6 is 0 Å². The lowest BCUT2D eigenvalue weighted by Crippen LogP contribution is -2.29. The first kappa shape index (κ1) is 11.1. The number of benzene rings is 1. The van der Waals surface area contributed by atoms with Gasteiger partial charge in [-0.25, -0.2) is 0 Å². The molecule has 2 heterocycles. The van der Waals surface area contributed by atoms with Crippen LogP contribution in [0.15, 0.2) is 40.8 Å². The van der Waals surface area contributed by atoms with E-state index in [-0.39, 0.29) is 5.78 Å². The number of nitrogens with zero attached hydrogens (tertiary/aromatic N) is 1. The highest BCUT2D eigenvalue weighted by molar-refractivity contribution is 5.91. The van der Waals surface area contributed by atoms with E-state index in [9.17, 15) is 4.79 Å². The highest BCUT2D eigenvalue weighted by Crippen LogP contribution is 2.26. The van der Waals surface area contributed by atoms with E-state index < -0.39 is 0 Å². The van der Waals surface area contributed by atoms with E-state index >= 15 is 0 Å². The zero-order valence-corrected chi connectivity index (χ0v) is 10.3. The Kier molecular flexibility index (Phi) is 2.67. The minimum atomic E-state index is -0.0290. The summed E-state index contributed by atoms with van der Waals surface area (Å²) < 4.78 is 5.58. The third-order valence-corrected chi connectivity index (χ3v) is 3.38. The molecule has 0 amide bonds. The molecule has 1 aromatic heterocycles. The quantitative estimate of drug-likeness (QED) is 0.758. The zero-order chi connectivity index (χ0) is 12.5. The van der Waals surface area contributed by atoms with Crippen LogP contribution in [0, 0.1) is 0 Å². The van der Waals surface area contributed by atoms with Gasteiger partial charge in [-0.05, 0) is 23.6 Å². The first-order valence-electron chi connectivity index (χ1n) is 6.16. The maximum Gasteiger partial charge on any atom is 0.196 e. The Morgan fingerprint density at radius 2 is 1.94 bits per heavy atom. The molecule has 1 aromatic carbocycles. The van der Waals surface area contributed by atoms with E-state index in [1.54, 1.807) is 6.07 Å². The second-order valence-electron chi connectivity index (χ2n) is 4.63. The summed E-state index contributed by atoms with van der Waals surface area (Å²) >= 11 is 0. The van der Waals surface area contributed by atoms with E-state index in [2.05, 4.69) is 29.2 Å². The molecule has 18 heavy (non-hydrogen) atoms. The summed E-state index contributed by atoms with van der Waals surface area (Å²) in [6.45, 7) is 3.30. The van der Waals surface area contributed by atoms with Crippen molar-refractivity contribution in [3.05, 3.63) is 53.3 Å². The fourth-order valence-corrected chi connectivity index (χ4v) is 2.37. The van der Waals surface area contributed by atoms with Crippen LogP contribution in [0.1, 0.15) is 28.6 Å². The van der Waals surface area contributed by atoms with Gasteiger partial charge in [0, 0.05) is 26.1 Å². The zero-order valence-electron chi connectivity index (χ0n) is 10.3. The van der Waals surface area contributed by atoms with Gasteiger partial charge in [-0.15, -0.1) is 0 Å². The predicted molar refractivity (Wildman–Crippen MR) is 69.9 cm³/mol. The van der Waals surface area contributed by atoms with Crippen LogP contribution in [0.4, 0.5) is 5.88 Å². The summed E-state index contributed by atoms with van der Waals surface area (Å²) in [4.78, 5) is 13.4. The number of furan rings is 1. The lowest BCUT2D eigenvalue weighted by atomic mass is 10.0. The fraction of sp³-hybridized carbons (Fsp3) is 0.267. The molecular formula is C15H15NO2. The number of ketones is 1. The highest BCUT2D eigenvalue weighted by Gasteiger charge is 2.19. The minimum absolute atomic E-state index is 0.0290. The number of anilines is 1. The van der Waals surface area contributed by atoms with Gasteiger partial charge in [-0.1, -0.05) is 24.3 Å². The fourth-order valence-electron chi connectivity index (χ4n) is 2.37. The van der Waals surface area contributed by atoms with E-state index in [0.717, 1.165) is 25.4 Å². The monoisotopic (exact) mass is 241 g/mol. The molecule has 3 heteroatoms. The maximum absolute atomic E-state index is 11.2. The summed E-state index contributed by atoms with van der Waals surface area (Å²) in [7, 11) is 0. The van der Waals surface area contributed by atoms with Crippen LogP contribution in [0.5, 0.6) is 0 Å². The summed E-state index contributed by atoms with van der Waals surface area (Å²) in [6.07, 6.45) is 1.02. The van der Waals surface area contributed by atoms with Crippen LogP contribution in [-0.2, 0) is 13.0 Å². The number of fused-ring (bicyclic) bond motifs is 1. The van der Waals surface area contributed by atoms with Crippen molar-refractivity contribution < 1.29 is 9.21 Å². The van der Waals surface area contributed by atoms with Crippen LogP contribution in [-0.4, -0.2) is 12.3 Å². The molecule has 0 N–H and O–H groups in total. The van der Waals surface area contributed by atoms with Gasteiger partial charge in [-0.2, -0.15) is 0 Å². The smallest absolute Gasteiger partial charge is 0.196 e. The van der Waals surface area contributed by atoms with Gasteiger partial charge in [0.1, 0.15) is 0 Å². The Labute approximate surface area is 106 Å². The van der Waals surface area contributed by atoms with Crippen molar-refractivity contribution >= 4 is 11.7 Å². The summed E-state index contributed by atoms with van der Waals surface area (Å²) in [5, 5.41) is 0. The molecule has 3 rings (SSSR count). The van der Waals surface area contributed by atoms with Gasteiger partial charge in [0.25, 0.3) is 0 Å². The van der Waals surface area contributed by atoms with E-state index in [4.69, 9.17) is 4.42 Å². The van der Waals surface area contributed by atoms with Gasteiger partial charge < -0.3 is 9.32 Å². The third kappa shape index (κ3) is 1.92. The second-order valence-corrected chi connectivity index (χ2v) is 4.63. The van der Waals surface area contributed by atoms with E-state index in [1.807, 2.05) is 6.07 Å². The summed E-state index contributed by atoms with van der Waals surface area (Å²) in [6, 6.07) is 12.1. The number of Topliss-reactive ketones (excluding diaryl/α,β-unsaturated/α-hetero) is 1. The molecule has 0 atom stereocenters. The second kappa shape index (κ2) is 4.33. The average Bonchev–Trinajstić information content (AvgIpc) is 2.88. The summed E-state index contributed by atoms with van der Waals surface area (Å²) in [5.41, 5.74) is 2.75. The van der Waals surface area contributed by atoms with Gasteiger partial charge >= 0.3 is 0 Å². The van der Waals surface area contributed by atoms with Crippen molar-refractivity contribution in [1.29, 1.82) is 0 Å². The molecule has 0 saturated carbocycles. The predicted octanol–water partition coefficient (Wildman–Crippen LogP) is 3.04. The molecule has 1 aliphatic rings. The Bertz CT molecular complexity index is 586. The molecule has 0 saturated heterocycles. The molecule has 0 spiro atoms. The van der Waals surface area contributed by atoms with Crippen molar-refractivity contribution in [1.82, 2.24) is 0 Å². The number of hydrogen-bond donors (Lipinski definition) is 0. The largest absolute Gasteiger partial charge is 0.437 e. The lowest BCUT2D eigenvalue weighted by molar-refractivity contribution is 0.0987. The Balaban J connectivity index is 1.85. The van der Waals surface area contributed by atoms with Gasteiger partial charge in [0.15, 0.2) is 17.4 Å². The Morgan fingerprint density at radius 3 is 2.67 bits per heavy atom. The number of carbonyl (C=O) groups is 1. The number of carbonyl (C=O) groups excluding carboxylic acids is 1. The molecule has 0 fully saturated rings. The minimum Gasteiger partial charge on any atom is -0.437 e. The van der Waals surface area contributed by atoms with E-state index in [0.29, 0.717) is 5.76 Å². The molecule has 0 bridgehead atoms. The first-order chi connectivity index (χ1) is 8.74. The third-order valence-electron chi connectivity index (χ3n) is 3.38. The molecule has 1 aliphatic heterocycles. The molecule has 92 valence electrons. The van der Waals surface area contributed by atoms with Crippen molar-refractivity contribution in [2.24, 2.45) is 0 Å². The van der Waals surface area contributed by atoms with Gasteiger partial charge in [-0.3, -0.25) is 4.79 Å². The molecule has 3 nitrogen and oxygen atoms in total. The first-order valence-corrected chi connectivity index (χ1v) is 6.16. The molecule has 0 radical (unpaired) electrons. The SMILES string of the molecule is CC(=O)c1ccc(N2CCc3ccccc3C2)o1. The van der Waals surface area contributed by atoms with Crippen LogP contribution in [0.3, 0.4) is 0 Å². The van der Waals surface area contributed by atoms with Crippen molar-refractivity contribution in [2.45, 2.75) is 19.9 Å². The van der Waals surface area contributed by atoms with Crippen LogP contribution in [0.2, 0.25) is 0 Å². The molecular weight excluding hydrogens is 226 g/mol. The number of rotatable bonds is 2. The number of hydrogen-bond acceptors (Lipinski definition) is 3. The van der Waals surface area contributed by atoms with Gasteiger partial charge in [0.05, 0.1) is 0 Å². The Morgan fingerprint density at radius 1 is 1.17 bits per heavy atom. The van der Waals surface area contributed by atoms with Crippen LogP contribution in [0.25, 0.3) is 0 Å². The van der Waals surface area contributed by atoms with Crippen molar-refractivity contribution in [2.75, 3.05) is 11.4 Å². The van der Waals surface area contributed by atoms with Gasteiger partial charge in [0.2, 0.25) is 0 Å². The van der Waals surface area contributed by atoms with Crippen molar-refractivity contribution in [3.8, 4) is 0 Å². The topological polar surface area (TPSA) is 33.5 Å². The van der Waals surface area contributed by atoms with Crippen LogP contribution < -0.4 is 4.90 Å². The van der Waals surface area contributed by atoms with Crippen molar-refractivity contribution in [3.63, 3.8) is 0 Å².